The smallest absolute Gasteiger partial charge is 0.228 e. The van der Waals surface area contributed by atoms with E-state index in [0.29, 0.717) is 6.04 Å². The SMILES string of the molecule is CNC(C)Cc1nc(C2(c3ccccc3)CCC2)no1. The molecule has 0 bridgehead atoms. The minimum absolute atomic E-state index is 0.0219. The van der Waals surface area contributed by atoms with E-state index in [-0.39, 0.29) is 5.41 Å². The van der Waals surface area contributed by atoms with E-state index in [1.165, 1.54) is 12.0 Å². The number of hydrogen-bond acceptors (Lipinski definition) is 4. The van der Waals surface area contributed by atoms with Gasteiger partial charge >= 0.3 is 0 Å². The third-order valence-electron chi connectivity index (χ3n) is 4.40. The maximum absolute atomic E-state index is 5.44. The molecular formula is C16H21N3O. The number of nitrogens with one attached hydrogen (secondary N) is 1. The molecule has 0 radical (unpaired) electrons. The Kier molecular flexibility index (Phi) is 3.57. The van der Waals surface area contributed by atoms with Crippen molar-refractivity contribution in [1.29, 1.82) is 0 Å². The quantitative estimate of drug-likeness (QED) is 0.908. The molecule has 1 heterocycles. The van der Waals surface area contributed by atoms with Gasteiger partial charge in [-0.15, -0.1) is 0 Å². The molecule has 4 nitrogen and oxygen atoms in total. The first-order chi connectivity index (χ1) is 9.74. The highest BCUT2D eigenvalue weighted by Crippen LogP contribution is 2.47. The van der Waals surface area contributed by atoms with E-state index in [4.69, 9.17) is 4.52 Å². The number of aromatic nitrogens is 2. The lowest BCUT2D eigenvalue weighted by molar-refractivity contribution is 0.270. The Balaban J connectivity index is 1.87. The molecule has 20 heavy (non-hydrogen) atoms. The van der Waals surface area contributed by atoms with Gasteiger partial charge in [0, 0.05) is 12.5 Å². The van der Waals surface area contributed by atoms with Gasteiger partial charge in [0.2, 0.25) is 5.89 Å². The summed E-state index contributed by atoms with van der Waals surface area (Å²) in [7, 11) is 1.94. The molecule has 4 heteroatoms. The number of rotatable bonds is 5. The maximum Gasteiger partial charge on any atom is 0.228 e. The molecule has 1 N–H and O–H groups in total. The van der Waals surface area contributed by atoms with Crippen molar-refractivity contribution in [2.45, 2.75) is 44.1 Å². The molecule has 1 aromatic carbocycles. The summed E-state index contributed by atoms with van der Waals surface area (Å²) in [5.74, 6) is 1.58. The van der Waals surface area contributed by atoms with Gasteiger partial charge in [0.05, 0.1) is 5.41 Å². The Morgan fingerprint density at radius 3 is 2.65 bits per heavy atom. The molecule has 1 saturated carbocycles. The van der Waals surface area contributed by atoms with Gasteiger partial charge in [-0.25, -0.2) is 0 Å². The zero-order valence-electron chi connectivity index (χ0n) is 12.1. The Bertz CT molecular complexity index is 560. The van der Waals surface area contributed by atoms with Gasteiger partial charge in [-0.2, -0.15) is 4.98 Å². The second-order valence-electron chi connectivity index (χ2n) is 5.71. The van der Waals surface area contributed by atoms with E-state index in [1.807, 2.05) is 13.1 Å². The van der Waals surface area contributed by atoms with E-state index in [1.54, 1.807) is 0 Å². The topological polar surface area (TPSA) is 51.0 Å². The molecule has 1 atom stereocenters. The van der Waals surface area contributed by atoms with Crippen LogP contribution in [0.3, 0.4) is 0 Å². The molecule has 106 valence electrons. The van der Waals surface area contributed by atoms with Crippen molar-refractivity contribution in [3.63, 3.8) is 0 Å². The first-order valence-corrected chi connectivity index (χ1v) is 7.30. The van der Waals surface area contributed by atoms with Crippen LogP contribution in [-0.2, 0) is 11.8 Å². The summed E-state index contributed by atoms with van der Waals surface area (Å²) >= 11 is 0. The third kappa shape index (κ3) is 2.24. The van der Waals surface area contributed by atoms with Gasteiger partial charge < -0.3 is 9.84 Å². The van der Waals surface area contributed by atoms with Crippen molar-refractivity contribution >= 4 is 0 Å². The van der Waals surface area contributed by atoms with Crippen LogP contribution >= 0.6 is 0 Å². The van der Waals surface area contributed by atoms with Crippen molar-refractivity contribution in [1.82, 2.24) is 15.5 Å². The van der Waals surface area contributed by atoms with Crippen LogP contribution in [0.4, 0.5) is 0 Å². The minimum Gasteiger partial charge on any atom is -0.339 e. The lowest BCUT2D eigenvalue weighted by atomic mass is 9.64. The molecule has 3 rings (SSSR count). The molecule has 0 amide bonds. The van der Waals surface area contributed by atoms with Crippen molar-refractivity contribution in [3.8, 4) is 0 Å². The zero-order chi connectivity index (χ0) is 14.0. The fourth-order valence-corrected chi connectivity index (χ4v) is 2.83. The molecular weight excluding hydrogens is 250 g/mol. The average Bonchev–Trinajstić information content (AvgIpc) is 2.87. The molecule has 0 saturated heterocycles. The molecule has 1 aromatic heterocycles. The van der Waals surface area contributed by atoms with Crippen LogP contribution in [0.5, 0.6) is 0 Å². The van der Waals surface area contributed by atoms with Gasteiger partial charge in [-0.1, -0.05) is 41.9 Å². The normalized spacial score (nSPS) is 18.5. The lowest BCUT2D eigenvalue weighted by Gasteiger charge is -2.39. The van der Waals surface area contributed by atoms with Crippen LogP contribution in [0.2, 0.25) is 0 Å². The predicted molar refractivity (Wildman–Crippen MR) is 77.6 cm³/mol. The predicted octanol–water partition coefficient (Wildman–Crippen LogP) is 2.69. The van der Waals surface area contributed by atoms with E-state index in [0.717, 1.165) is 31.0 Å². The molecule has 1 aliphatic rings. The largest absolute Gasteiger partial charge is 0.339 e. The highest BCUT2D eigenvalue weighted by Gasteiger charge is 2.44. The maximum atomic E-state index is 5.44. The molecule has 1 aliphatic carbocycles. The van der Waals surface area contributed by atoms with E-state index in [9.17, 15) is 0 Å². The summed E-state index contributed by atoms with van der Waals surface area (Å²) in [5.41, 5.74) is 1.28. The molecule has 1 unspecified atom stereocenters. The van der Waals surface area contributed by atoms with Crippen LogP contribution in [0.1, 0.15) is 43.5 Å². The molecule has 0 spiro atoms. The van der Waals surface area contributed by atoms with E-state index < -0.39 is 0 Å². The van der Waals surface area contributed by atoms with Crippen LogP contribution in [-0.4, -0.2) is 23.2 Å². The molecule has 0 aliphatic heterocycles. The lowest BCUT2D eigenvalue weighted by Crippen LogP contribution is -2.36. The van der Waals surface area contributed by atoms with Crippen LogP contribution < -0.4 is 5.32 Å². The Labute approximate surface area is 119 Å². The standard InChI is InChI=1S/C16H21N3O/c1-12(17-2)11-14-18-15(19-20-14)16(9-6-10-16)13-7-4-3-5-8-13/h3-5,7-8,12,17H,6,9-11H2,1-2H3. The van der Waals surface area contributed by atoms with Crippen LogP contribution in [0.25, 0.3) is 0 Å². The Hall–Kier alpha value is -1.68. The summed E-state index contributed by atoms with van der Waals surface area (Å²) in [5, 5.41) is 7.45. The average molecular weight is 271 g/mol. The van der Waals surface area contributed by atoms with Gasteiger partial charge in [-0.3, -0.25) is 0 Å². The van der Waals surface area contributed by atoms with Crippen molar-refractivity contribution in [3.05, 3.63) is 47.6 Å². The zero-order valence-corrected chi connectivity index (χ0v) is 12.1. The monoisotopic (exact) mass is 271 g/mol. The summed E-state index contributed by atoms with van der Waals surface area (Å²) in [4.78, 5) is 4.65. The van der Waals surface area contributed by atoms with Crippen molar-refractivity contribution < 1.29 is 4.52 Å². The Morgan fingerprint density at radius 2 is 2.05 bits per heavy atom. The first-order valence-electron chi connectivity index (χ1n) is 7.30. The summed E-state index contributed by atoms with van der Waals surface area (Å²) in [6.45, 7) is 2.11. The summed E-state index contributed by atoms with van der Waals surface area (Å²) < 4.78 is 5.44. The van der Waals surface area contributed by atoms with Gasteiger partial charge in [-0.05, 0) is 32.4 Å². The first kappa shape index (κ1) is 13.3. The number of likely N-dealkylation sites (N-methyl/N-ethyl adjacent to an activating group) is 1. The second kappa shape index (κ2) is 5.37. The number of hydrogen-bond donors (Lipinski definition) is 1. The number of nitrogens with zero attached hydrogens (tertiary/aromatic N) is 2. The van der Waals surface area contributed by atoms with Crippen LogP contribution in [0, 0.1) is 0 Å². The van der Waals surface area contributed by atoms with Gasteiger partial charge in [0.25, 0.3) is 0 Å². The second-order valence-corrected chi connectivity index (χ2v) is 5.71. The minimum atomic E-state index is -0.0219. The molecule has 2 aromatic rings. The summed E-state index contributed by atoms with van der Waals surface area (Å²) in [6.07, 6.45) is 4.22. The summed E-state index contributed by atoms with van der Waals surface area (Å²) in [6, 6.07) is 10.9. The fourth-order valence-electron chi connectivity index (χ4n) is 2.83. The van der Waals surface area contributed by atoms with Crippen molar-refractivity contribution in [2.75, 3.05) is 7.05 Å². The third-order valence-corrected chi connectivity index (χ3v) is 4.40. The van der Waals surface area contributed by atoms with Gasteiger partial charge in [0.1, 0.15) is 0 Å². The number of benzene rings is 1. The van der Waals surface area contributed by atoms with E-state index in [2.05, 4.69) is 46.6 Å². The van der Waals surface area contributed by atoms with E-state index >= 15 is 0 Å². The Morgan fingerprint density at radius 1 is 1.30 bits per heavy atom. The highest BCUT2D eigenvalue weighted by atomic mass is 16.5. The molecule has 1 fully saturated rings. The van der Waals surface area contributed by atoms with Crippen molar-refractivity contribution in [2.24, 2.45) is 0 Å². The fraction of sp³-hybridized carbons (Fsp3) is 0.500. The van der Waals surface area contributed by atoms with Gasteiger partial charge in [0.15, 0.2) is 5.82 Å². The highest BCUT2D eigenvalue weighted by molar-refractivity contribution is 5.35. The van der Waals surface area contributed by atoms with Crippen LogP contribution in [0.15, 0.2) is 34.9 Å².